The molecule has 0 spiro atoms. The van der Waals surface area contributed by atoms with Crippen LogP contribution in [0.5, 0.6) is 0 Å². The smallest absolute Gasteiger partial charge is 0.183 e. The lowest BCUT2D eigenvalue weighted by Crippen LogP contribution is -2.40. The first-order chi connectivity index (χ1) is 7.31. The average molecular weight is 276 g/mol. The van der Waals surface area contributed by atoms with E-state index in [-0.39, 0.29) is 30.9 Å². The van der Waals surface area contributed by atoms with E-state index in [0.29, 0.717) is 11.5 Å². The van der Waals surface area contributed by atoms with Gasteiger partial charge in [-0.05, 0) is 12.8 Å². The second-order valence-electron chi connectivity index (χ2n) is 3.66. The Hall–Kier alpha value is -1.09. The highest BCUT2D eigenvalue weighted by molar-refractivity contribution is 5.85. The quantitative estimate of drug-likeness (QED) is 0.831. The van der Waals surface area contributed by atoms with Gasteiger partial charge in [-0.1, -0.05) is 0 Å². The van der Waals surface area contributed by atoms with Crippen molar-refractivity contribution in [1.29, 1.82) is 5.26 Å². The Labute approximate surface area is 113 Å². The highest BCUT2D eigenvalue weighted by Gasteiger charge is 2.19. The van der Waals surface area contributed by atoms with Crippen molar-refractivity contribution in [2.24, 2.45) is 5.73 Å². The van der Waals surface area contributed by atoms with Crippen LogP contribution in [0.1, 0.15) is 18.5 Å². The SMILES string of the molecule is Cl.Cl.N#Cc1nccnc1N1CCC(N)CC1. The van der Waals surface area contributed by atoms with Gasteiger partial charge in [-0.2, -0.15) is 5.26 Å². The summed E-state index contributed by atoms with van der Waals surface area (Å²) in [6.07, 6.45) is 5.05. The summed E-state index contributed by atoms with van der Waals surface area (Å²) in [5.74, 6) is 0.687. The summed E-state index contributed by atoms with van der Waals surface area (Å²) in [5, 5.41) is 8.90. The van der Waals surface area contributed by atoms with Crippen LogP contribution < -0.4 is 10.6 Å². The third kappa shape index (κ3) is 3.70. The predicted molar refractivity (Wildman–Crippen MR) is 70.7 cm³/mol. The van der Waals surface area contributed by atoms with Crippen LogP contribution in [0, 0.1) is 11.3 Å². The molecule has 0 radical (unpaired) electrons. The van der Waals surface area contributed by atoms with Gasteiger partial charge in [0.1, 0.15) is 6.07 Å². The molecule has 5 nitrogen and oxygen atoms in total. The van der Waals surface area contributed by atoms with Gasteiger partial charge in [0.15, 0.2) is 11.5 Å². The minimum absolute atomic E-state index is 0. The molecule has 94 valence electrons. The Morgan fingerprint density at radius 3 is 2.41 bits per heavy atom. The summed E-state index contributed by atoms with van der Waals surface area (Å²) in [6, 6.07) is 2.34. The van der Waals surface area contributed by atoms with Crippen LogP contribution in [0.25, 0.3) is 0 Å². The molecular weight excluding hydrogens is 261 g/mol. The van der Waals surface area contributed by atoms with Crippen LogP contribution in [-0.2, 0) is 0 Å². The van der Waals surface area contributed by atoms with Crippen molar-refractivity contribution in [1.82, 2.24) is 9.97 Å². The number of halogens is 2. The van der Waals surface area contributed by atoms with E-state index >= 15 is 0 Å². The van der Waals surface area contributed by atoms with Crippen molar-refractivity contribution in [2.45, 2.75) is 18.9 Å². The van der Waals surface area contributed by atoms with Crippen LogP contribution in [0.2, 0.25) is 0 Å². The van der Waals surface area contributed by atoms with Crippen LogP contribution in [0.3, 0.4) is 0 Å². The van der Waals surface area contributed by atoms with E-state index in [9.17, 15) is 0 Å². The second kappa shape index (κ2) is 7.28. The maximum absolute atomic E-state index is 8.90. The van der Waals surface area contributed by atoms with Gasteiger partial charge in [-0.15, -0.1) is 24.8 Å². The molecule has 0 aromatic carbocycles. The van der Waals surface area contributed by atoms with Gasteiger partial charge in [-0.25, -0.2) is 9.97 Å². The van der Waals surface area contributed by atoms with Crippen molar-refractivity contribution in [2.75, 3.05) is 18.0 Å². The van der Waals surface area contributed by atoms with Crippen molar-refractivity contribution in [3.05, 3.63) is 18.1 Å². The van der Waals surface area contributed by atoms with Gasteiger partial charge >= 0.3 is 0 Å². The van der Waals surface area contributed by atoms with E-state index in [4.69, 9.17) is 11.0 Å². The molecule has 2 heterocycles. The van der Waals surface area contributed by atoms with E-state index in [1.54, 1.807) is 6.20 Å². The van der Waals surface area contributed by atoms with Crippen LogP contribution >= 0.6 is 24.8 Å². The van der Waals surface area contributed by atoms with Crippen LogP contribution in [-0.4, -0.2) is 29.1 Å². The van der Waals surface area contributed by atoms with Crippen molar-refractivity contribution in [3.63, 3.8) is 0 Å². The van der Waals surface area contributed by atoms with E-state index < -0.39 is 0 Å². The summed E-state index contributed by atoms with van der Waals surface area (Å²) in [5.41, 5.74) is 6.21. The first-order valence-electron chi connectivity index (χ1n) is 5.03. The largest absolute Gasteiger partial charge is 0.354 e. The maximum atomic E-state index is 8.90. The second-order valence-corrected chi connectivity index (χ2v) is 3.66. The summed E-state index contributed by atoms with van der Waals surface area (Å²) in [6.45, 7) is 1.71. The summed E-state index contributed by atoms with van der Waals surface area (Å²) >= 11 is 0. The number of rotatable bonds is 1. The molecule has 0 amide bonds. The summed E-state index contributed by atoms with van der Waals surface area (Å²) in [7, 11) is 0. The van der Waals surface area contributed by atoms with Gasteiger partial charge in [0.05, 0.1) is 0 Å². The first kappa shape index (κ1) is 15.9. The van der Waals surface area contributed by atoms with Crippen molar-refractivity contribution in [3.8, 4) is 6.07 Å². The summed E-state index contributed by atoms with van der Waals surface area (Å²) in [4.78, 5) is 10.3. The number of hydrogen-bond acceptors (Lipinski definition) is 5. The zero-order chi connectivity index (χ0) is 10.7. The molecule has 0 atom stereocenters. The number of anilines is 1. The monoisotopic (exact) mass is 275 g/mol. The number of aromatic nitrogens is 2. The lowest BCUT2D eigenvalue weighted by Gasteiger charge is -2.31. The molecule has 1 saturated heterocycles. The molecule has 7 heteroatoms. The van der Waals surface area contributed by atoms with Gasteiger partial charge in [0.2, 0.25) is 0 Å². The van der Waals surface area contributed by atoms with E-state index in [1.165, 1.54) is 6.20 Å². The zero-order valence-electron chi connectivity index (χ0n) is 9.24. The molecule has 17 heavy (non-hydrogen) atoms. The van der Waals surface area contributed by atoms with Crippen LogP contribution in [0.4, 0.5) is 5.82 Å². The Morgan fingerprint density at radius 2 is 1.82 bits per heavy atom. The van der Waals surface area contributed by atoms with Gasteiger partial charge < -0.3 is 10.6 Å². The number of piperidine rings is 1. The molecule has 1 fully saturated rings. The number of nitrogens with two attached hydrogens (primary N) is 1. The molecule has 1 aliphatic rings. The van der Waals surface area contributed by atoms with E-state index in [0.717, 1.165) is 25.9 Å². The molecule has 2 N–H and O–H groups in total. The Morgan fingerprint density at radius 1 is 1.24 bits per heavy atom. The number of nitrogens with zero attached hydrogens (tertiary/aromatic N) is 4. The molecular formula is C10H15Cl2N5. The van der Waals surface area contributed by atoms with Crippen LogP contribution in [0.15, 0.2) is 12.4 Å². The average Bonchev–Trinajstić information content (AvgIpc) is 2.30. The van der Waals surface area contributed by atoms with Crippen molar-refractivity contribution >= 4 is 30.6 Å². The molecule has 1 aromatic rings. The standard InChI is InChI=1S/C10H13N5.2ClH/c11-7-9-10(14-4-3-13-9)15-5-1-8(12)2-6-15;;/h3-4,8H,1-2,5-6,12H2;2*1H. The molecule has 0 unspecified atom stereocenters. The minimum Gasteiger partial charge on any atom is -0.354 e. The zero-order valence-corrected chi connectivity index (χ0v) is 10.9. The minimum atomic E-state index is 0. The molecule has 2 rings (SSSR count). The highest BCUT2D eigenvalue weighted by atomic mass is 35.5. The van der Waals surface area contributed by atoms with Gasteiger partial charge in [0.25, 0.3) is 0 Å². The van der Waals surface area contributed by atoms with Gasteiger partial charge in [0, 0.05) is 31.5 Å². The Balaban J connectivity index is 0.00000128. The Kier molecular flexibility index (Phi) is 6.81. The molecule has 1 aromatic heterocycles. The third-order valence-electron chi connectivity index (χ3n) is 2.62. The number of hydrogen-bond donors (Lipinski definition) is 1. The third-order valence-corrected chi connectivity index (χ3v) is 2.62. The fraction of sp³-hybridized carbons (Fsp3) is 0.500. The lowest BCUT2D eigenvalue weighted by molar-refractivity contribution is 0.498. The van der Waals surface area contributed by atoms with E-state index in [2.05, 4.69) is 20.9 Å². The lowest BCUT2D eigenvalue weighted by atomic mass is 10.1. The fourth-order valence-electron chi connectivity index (χ4n) is 1.75. The van der Waals surface area contributed by atoms with E-state index in [1.807, 2.05) is 0 Å². The highest BCUT2D eigenvalue weighted by Crippen LogP contribution is 2.18. The molecule has 0 aliphatic carbocycles. The molecule has 1 aliphatic heterocycles. The molecule has 0 saturated carbocycles. The summed E-state index contributed by atoms with van der Waals surface area (Å²) < 4.78 is 0. The van der Waals surface area contributed by atoms with Gasteiger partial charge in [-0.3, -0.25) is 0 Å². The Bertz CT molecular complexity index is 385. The predicted octanol–water partition coefficient (Wildman–Crippen LogP) is 1.12. The fourth-order valence-corrected chi connectivity index (χ4v) is 1.75. The first-order valence-corrected chi connectivity index (χ1v) is 5.03. The number of nitriles is 1. The normalized spacial score (nSPS) is 15.4. The maximum Gasteiger partial charge on any atom is 0.183 e. The van der Waals surface area contributed by atoms with Crippen molar-refractivity contribution < 1.29 is 0 Å². The molecule has 0 bridgehead atoms. The topological polar surface area (TPSA) is 78.8 Å².